The van der Waals surface area contributed by atoms with E-state index in [9.17, 15) is 19.6 Å². The van der Waals surface area contributed by atoms with Gasteiger partial charge >= 0.3 is 11.9 Å². The third-order valence-electron chi connectivity index (χ3n) is 5.01. The van der Waals surface area contributed by atoms with Crippen molar-refractivity contribution in [1.29, 1.82) is 5.26 Å². The standard InChI is InChI=1S/C28H24N2O6/c1-4-35-27(32)20-10-12-23(13-11-20)30-26(31)22(17-29)15-19-7-14-24(25(16-19)34-3)36-28(33)21-8-5-18(2)6-9-21/h5-16H,4H2,1-3H3,(H,30,31)/b22-15+. The predicted molar refractivity (Wildman–Crippen MR) is 134 cm³/mol. The Labute approximate surface area is 208 Å². The van der Waals surface area contributed by atoms with Gasteiger partial charge in [-0.3, -0.25) is 4.79 Å². The maximum atomic E-state index is 12.6. The van der Waals surface area contributed by atoms with Gasteiger partial charge in [-0.25, -0.2) is 9.59 Å². The number of esters is 2. The van der Waals surface area contributed by atoms with Crippen molar-refractivity contribution in [3.63, 3.8) is 0 Å². The number of benzene rings is 3. The fraction of sp³-hybridized carbons (Fsp3) is 0.143. The highest BCUT2D eigenvalue weighted by atomic mass is 16.6. The minimum atomic E-state index is -0.629. The van der Waals surface area contributed by atoms with E-state index < -0.39 is 17.8 Å². The van der Waals surface area contributed by atoms with Crippen LogP contribution in [0.2, 0.25) is 0 Å². The lowest BCUT2D eigenvalue weighted by atomic mass is 10.1. The molecule has 0 unspecified atom stereocenters. The fourth-order valence-corrected chi connectivity index (χ4v) is 3.12. The maximum absolute atomic E-state index is 12.6. The highest BCUT2D eigenvalue weighted by Crippen LogP contribution is 2.30. The van der Waals surface area contributed by atoms with E-state index in [1.807, 2.05) is 25.1 Å². The van der Waals surface area contributed by atoms with Crippen LogP contribution in [0.1, 0.15) is 38.8 Å². The van der Waals surface area contributed by atoms with Crippen molar-refractivity contribution >= 4 is 29.6 Å². The van der Waals surface area contributed by atoms with Gasteiger partial charge in [-0.15, -0.1) is 0 Å². The van der Waals surface area contributed by atoms with Crippen LogP contribution in [0.4, 0.5) is 5.69 Å². The number of ether oxygens (including phenoxy) is 3. The first-order valence-corrected chi connectivity index (χ1v) is 11.0. The molecule has 8 nitrogen and oxygen atoms in total. The topological polar surface area (TPSA) is 115 Å². The monoisotopic (exact) mass is 484 g/mol. The Bertz CT molecular complexity index is 1340. The number of aryl methyl sites for hydroxylation is 1. The van der Waals surface area contributed by atoms with Crippen molar-refractivity contribution in [1.82, 2.24) is 0 Å². The lowest BCUT2D eigenvalue weighted by molar-refractivity contribution is -0.112. The molecule has 0 saturated heterocycles. The van der Waals surface area contributed by atoms with Crippen LogP contribution in [-0.4, -0.2) is 31.6 Å². The molecular weight excluding hydrogens is 460 g/mol. The maximum Gasteiger partial charge on any atom is 0.343 e. The first-order valence-electron chi connectivity index (χ1n) is 11.0. The molecule has 0 aliphatic rings. The Morgan fingerprint density at radius 3 is 2.17 bits per heavy atom. The zero-order chi connectivity index (χ0) is 26.1. The molecule has 1 N–H and O–H groups in total. The number of nitriles is 1. The van der Waals surface area contributed by atoms with Crippen molar-refractivity contribution in [2.75, 3.05) is 19.0 Å². The number of methoxy groups -OCH3 is 1. The number of nitrogens with one attached hydrogen (secondary N) is 1. The third kappa shape index (κ3) is 6.58. The van der Waals surface area contributed by atoms with Crippen LogP contribution in [0.15, 0.2) is 72.3 Å². The molecule has 3 rings (SSSR count). The summed E-state index contributed by atoms with van der Waals surface area (Å²) in [5.41, 5.74) is 2.50. The van der Waals surface area contributed by atoms with Crippen molar-refractivity contribution in [2.45, 2.75) is 13.8 Å². The summed E-state index contributed by atoms with van der Waals surface area (Å²) in [6, 6.07) is 19.6. The van der Waals surface area contributed by atoms with Crippen molar-refractivity contribution in [3.05, 3.63) is 94.6 Å². The molecular formula is C28H24N2O6. The Morgan fingerprint density at radius 1 is 0.917 bits per heavy atom. The van der Waals surface area contributed by atoms with E-state index in [1.54, 1.807) is 43.3 Å². The lowest BCUT2D eigenvalue weighted by Crippen LogP contribution is -2.13. The molecule has 3 aromatic rings. The quantitative estimate of drug-likeness (QED) is 0.208. The number of hydrogen-bond acceptors (Lipinski definition) is 7. The number of nitrogens with zero attached hydrogens (tertiary/aromatic N) is 1. The molecule has 0 fully saturated rings. The molecule has 0 radical (unpaired) electrons. The van der Waals surface area contributed by atoms with Crippen molar-refractivity contribution in [3.8, 4) is 17.6 Å². The second kappa shape index (κ2) is 12.0. The van der Waals surface area contributed by atoms with Crippen molar-refractivity contribution < 1.29 is 28.6 Å². The second-order valence-electron chi connectivity index (χ2n) is 7.59. The Kier molecular flexibility index (Phi) is 8.57. The van der Waals surface area contributed by atoms with E-state index in [2.05, 4.69) is 5.32 Å². The first-order chi connectivity index (χ1) is 17.3. The summed E-state index contributed by atoms with van der Waals surface area (Å²) in [7, 11) is 1.42. The molecule has 36 heavy (non-hydrogen) atoms. The van der Waals surface area contributed by atoms with E-state index in [0.29, 0.717) is 22.4 Å². The van der Waals surface area contributed by atoms with E-state index >= 15 is 0 Å². The number of hydrogen-bond donors (Lipinski definition) is 1. The minimum Gasteiger partial charge on any atom is -0.493 e. The zero-order valence-electron chi connectivity index (χ0n) is 20.0. The number of carbonyl (C=O) groups excluding carboxylic acids is 3. The summed E-state index contributed by atoms with van der Waals surface area (Å²) >= 11 is 0. The van der Waals surface area contributed by atoms with E-state index in [-0.39, 0.29) is 23.7 Å². The predicted octanol–water partition coefficient (Wildman–Crippen LogP) is 4.95. The zero-order valence-corrected chi connectivity index (χ0v) is 20.0. The molecule has 8 heteroatoms. The van der Waals surface area contributed by atoms with Gasteiger partial charge in [0, 0.05) is 5.69 Å². The summed E-state index contributed by atoms with van der Waals surface area (Å²) in [6.45, 7) is 3.89. The molecule has 0 spiro atoms. The van der Waals surface area contributed by atoms with Crippen LogP contribution in [0.3, 0.4) is 0 Å². The SMILES string of the molecule is CCOC(=O)c1ccc(NC(=O)/C(C#N)=C/c2ccc(OC(=O)c3ccc(C)cc3)c(OC)c2)cc1. The van der Waals surface area contributed by atoms with Gasteiger partial charge in [-0.05, 0) is 74.0 Å². The average Bonchev–Trinajstić information content (AvgIpc) is 2.88. The summed E-state index contributed by atoms with van der Waals surface area (Å²) < 4.78 is 15.7. The molecule has 0 atom stereocenters. The second-order valence-corrected chi connectivity index (χ2v) is 7.59. The van der Waals surface area contributed by atoms with Gasteiger partial charge < -0.3 is 19.5 Å². The summed E-state index contributed by atoms with van der Waals surface area (Å²) in [4.78, 5) is 36.8. The van der Waals surface area contributed by atoms with E-state index in [4.69, 9.17) is 14.2 Å². The molecule has 0 saturated carbocycles. The van der Waals surface area contributed by atoms with E-state index in [0.717, 1.165) is 5.56 Å². The van der Waals surface area contributed by atoms with Crippen LogP contribution in [-0.2, 0) is 9.53 Å². The van der Waals surface area contributed by atoms with Gasteiger partial charge in [-0.2, -0.15) is 5.26 Å². The molecule has 0 aliphatic heterocycles. The number of amides is 1. The average molecular weight is 485 g/mol. The smallest absolute Gasteiger partial charge is 0.343 e. The molecule has 1 amide bonds. The highest BCUT2D eigenvalue weighted by molar-refractivity contribution is 6.09. The molecule has 0 bridgehead atoms. The van der Waals surface area contributed by atoms with Crippen LogP contribution in [0, 0.1) is 18.3 Å². The van der Waals surface area contributed by atoms with Crippen LogP contribution in [0.25, 0.3) is 6.08 Å². The molecule has 3 aromatic carbocycles. The van der Waals surface area contributed by atoms with Gasteiger partial charge in [0.05, 0.1) is 24.8 Å². The lowest BCUT2D eigenvalue weighted by Gasteiger charge is -2.10. The summed E-state index contributed by atoms with van der Waals surface area (Å²) in [5, 5.41) is 12.1. The largest absolute Gasteiger partial charge is 0.493 e. The Morgan fingerprint density at radius 2 is 1.56 bits per heavy atom. The van der Waals surface area contributed by atoms with Crippen molar-refractivity contribution in [2.24, 2.45) is 0 Å². The number of carbonyl (C=O) groups is 3. The Balaban J connectivity index is 1.74. The highest BCUT2D eigenvalue weighted by Gasteiger charge is 2.15. The number of rotatable bonds is 8. The minimum absolute atomic E-state index is 0.157. The van der Waals surface area contributed by atoms with E-state index in [1.165, 1.54) is 31.4 Å². The molecule has 0 heterocycles. The van der Waals surface area contributed by atoms with Gasteiger partial charge in [0.1, 0.15) is 11.6 Å². The van der Waals surface area contributed by atoms with Gasteiger partial charge in [-0.1, -0.05) is 23.8 Å². The Hall–Kier alpha value is -4.90. The van der Waals surface area contributed by atoms with Crippen LogP contribution < -0.4 is 14.8 Å². The fourth-order valence-electron chi connectivity index (χ4n) is 3.12. The summed E-state index contributed by atoms with van der Waals surface area (Å²) in [6.07, 6.45) is 1.39. The summed E-state index contributed by atoms with van der Waals surface area (Å²) in [5.74, 6) is -1.17. The normalized spacial score (nSPS) is 10.7. The van der Waals surface area contributed by atoms with Gasteiger partial charge in [0.25, 0.3) is 5.91 Å². The number of anilines is 1. The van der Waals surface area contributed by atoms with Gasteiger partial charge in [0.15, 0.2) is 11.5 Å². The first kappa shape index (κ1) is 25.7. The molecule has 182 valence electrons. The van der Waals surface area contributed by atoms with Crippen LogP contribution >= 0.6 is 0 Å². The molecule has 0 aliphatic carbocycles. The van der Waals surface area contributed by atoms with Gasteiger partial charge in [0.2, 0.25) is 0 Å². The van der Waals surface area contributed by atoms with Crippen LogP contribution in [0.5, 0.6) is 11.5 Å². The molecule has 0 aromatic heterocycles. The third-order valence-corrected chi connectivity index (χ3v) is 5.01.